The molecular weight excluding hydrogens is 356 g/mol. The van der Waals surface area contributed by atoms with E-state index in [1.54, 1.807) is 12.1 Å². The van der Waals surface area contributed by atoms with Gasteiger partial charge in [-0.3, -0.25) is 0 Å². The smallest absolute Gasteiger partial charge is 0.338 e. The summed E-state index contributed by atoms with van der Waals surface area (Å²) in [5.41, 5.74) is -0.659. The fourth-order valence-electron chi connectivity index (χ4n) is 4.39. The van der Waals surface area contributed by atoms with Gasteiger partial charge in [-0.1, -0.05) is 18.2 Å². The third kappa shape index (κ3) is 4.94. The standard InChI is InChI=1S/C23H34O5/c1-16(26-21(24)18-8-6-5-7-9-18)12-14-22(3,25)19-10-11-20(27-19)23(4)15-13-17(2)28-23/h5-9,16-17,19-20,25H,10-15H2,1-4H3/t16-,17-,19+,20-,22-,23+/m0/s1. The number of carbonyl (C=O) groups is 1. The summed E-state index contributed by atoms with van der Waals surface area (Å²) in [6, 6.07) is 8.98. The van der Waals surface area contributed by atoms with Crippen molar-refractivity contribution < 1.29 is 24.1 Å². The van der Waals surface area contributed by atoms with Gasteiger partial charge in [-0.25, -0.2) is 4.79 Å². The number of aliphatic hydroxyl groups is 1. The fraction of sp³-hybridized carbons (Fsp3) is 0.696. The molecule has 1 aromatic rings. The molecule has 1 aromatic carbocycles. The van der Waals surface area contributed by atoms with Crippen LogP contribution in [0.3, 0.4) is 0 Å². The molecule has 6 atom stereocenters. The Kier molecular flexibility index (Phi) is 6.47. The van der Waals surface area contributed by atoms with E-state index in [0.29, 0.717) is 18.4 Å². The Morgan fingerprint density at radius 2 is 2.04 bits per heavy atom. The molecule has 3 rings (SSSR count). The van der Waals surface area contributed by atoms with Crippen LogP contribution in [0.1, 0.15) is 76.6 Å². The van der Waals surface area contributed by atoms with Crippen LogP contribution in [0.15, 0.2) is 30.3 Å². The predicted octanol–water partition coefficient (Wildman–Crippen LogP) is 4.27. The lowest BCUT2D eigenvalue weighted by Crippen LogP contribution is -2.44. The monoisotopic (exact) mass is 390 g/mol. The Labute approximate surface area is 168 Å². The van der Waals surface area contributed by atoms with Crippen LogP contribution >= 0.6 is 0 Å². The van der Waals surface area contributed by atoms with Gasteiger partial charge < -0.3 is 19.3 Å². The maximum atomic E-state index is 12.2. The lowest BCUT2D eigenvalue weighted by atomic mass is 9.89. The first-order valence-electron chi connectivity index (χ1n) is 10.5. The molecule has 5 nitrogen and oxygen atoms in total. The number of ether oxygens (including phenoxy) is 3. The van der Waals surface area contributed by atoms with Crippen molar-refractivity contribution in [3.8, 4) is 0 Å². The van der Waals surface area contributed by atoms with Crippen LogP contribution in [0.4, 0.5) is 0 Å². The highest BCUT2D eigenvalue weighted by Crippen LogP contribution is 2.42. The molecule has 0 radical (unpaired) electrons. The lowest BCUT2D eigenvalue weighted by Gasteiger charge is -2.34. The van der Waals surface area contributed by atoms with Crippen molar-refractivity contribution in [3.05, 3.63) is 35.9 Å². The van der Waals surface area contributed by atoms with E-state index in [9.17, 15) is 9.90 Å². The van der Waals surface area contributed by atoms with Crippen LogP contribution < -0.4 is 0 Å². The molecule has 0 unspecified atom stereocenters. The van der Waals surface area contributed by atoms with Crippen molar-refractivity contribution in [2.75, 3.05) is 0 Å². The van der Waals surface area contributed by atoms with Gasteiger partial charge in [-0.15, -0.1) is 0 Å². The average Bonchev–Trinajstić information content (AvgIpc) is 3.29. The number of carbonyl (C=O) groups excluding carboxylic acids is 1. The molecule has 0 amide bonds. The van der Waals surface area contributed by atoms with Crippen LogP contribution in [0.5, 0.6) is 0 Å². The third-order valence-electron chi connectivity index (χ3n) is 6.29. The van der Waals surface area contributed by atoms with Crippen LogP contribution in [0, 0.1) is 0 Å². The second-order valence-corrected chi connectivity index (χ2v) is 8.95. The number of benzene rings is 1. The third-order valence-corrected chi connectivity index (χ3v) is 6.29. The molecule has 0 saturated carbocycles. The summed E-state index contributed by atoms with van der Waals surface area (Å²) < 4.78 is 17.9. The molecule has 0 bridgehead atoms. The molecule has 28 heavy (non-hydrogen) atoms. The van der Waals surface area contributed by atoms with E-state index in [1.165, 1.54) is 0 Å². The highest BCUT2D eigenvalue weighted by atomic mass is 16.6. The molecular formula is C23H34O5. The molecule has 0 spiro atoms. The van der Waals surface area contributed by atoms with Crippen molar-refractivity contribution in [2.45, 2.75) is 102 Å². The summed E-state index contributed by atoms with van der Waals surface area (Å²) in [7, 11) is 0. The van der Waals surface area contributed by atoms with Gasteiger partial charge in [0.2, 0.25) is 0 Å². The summed E-state index contributed by atoms with van der Waals surface area (Å²) in [4.78, 5) is 12.2. The van der Waals surface area contributed by atoms with Crippen molar-refractivity contribution in [2.24, 2.45) is 0 Å². The molecule has 2 heterocycles. The molecule has 2 aliphatic rings. The van der Waals surface area contributed by atoms with Crippen molar-refractivity contribution in [3.63, 3.8) is 0 Å². The SMILES string of the molecule is C[C@@H](CC[C@](C)(O)[C@H]1CC[C@@H]([C@@]2(C)CC[C@H](C)O2)O1)OC(=O)c1ccccc1. The molecule has 156 valence electrons. The number of rotatable bonds is 7. The van der Waals surface area contributed by atoms with Gasteiger partial charge in [0.15, 0.2) is 0 Å². The molecule has 0 aliphatic carbocycles. The van der Waals surface area contributed by atoms with Gasteiger partial charge in [0.25, 0.3) is 0 Å². The van der Waals surface area contributed by atoms with Crippen LogP contribution in [-0.2, 0) is 14.2 Å². The fourth-order valence-corrected chi connectivity index (χ4v) is 4.39. The zero-order chi connectivity index (χ0) is 20.4. The van der Waals surface area contributed by atoms with Gasteiger partial charge in [0, 0.05) is 0 Å². The minimum Gasteiger partial charge on any atom is -0.459 e. The largest absolute Gasteiger partial charge is 0.459 e. The predicted molar refractivity (Wildman–Crippen MR) is 107 cm³/mol. The Morgan fingerprint density at radius 3 is 2.68 bits per heavy atom. The average molecular weight is 391 g/mol. The quantitative estimate of drug-likeness (QED) is 0.705. The van der Waals surface area contributed by atoms with E-state index < -0.39 is 5.60 Å². The summed E-state index contributed by atoms with van der Waals surface area (Å²) in [6.07, 6.45) is 4.70. The first-order valence-corrected chi connectivity index (χ1v) is 10.5. The minimum atomic E-state index is -0.956. The molecule has 2 aliphatic heterocycles. The van der Waals surface area contributed by atoms with Crippen molar-refractivity contribution in [1.29, 1.82) is 0 Å². The zero-order valence-corrected chi connectivity index (χ0v) is 17.5. The maximum Gasteiger partial charge on any atom is 0.338 e. The van der Waals surface area contributed by atoms with Gasteiger partial charge in [-0.05, 0) is 78.4 Å². The number of hydrogen-bond donors (Lipinski definition) is 1. The van der Waals surface area contributed by atoms with E-state index in [1.807, 2.05) is 32.0 Å². The molecule has 5 heteroatoms. The Hall–Kier alpha value is -1.43. The van der Waals surface area contributed by atoms with E-state index in [4.69, 9.17) is 14.2 Å². The first-order chi connectivity index (χ1) is 13.2. The summed E-state index contributed by atoms with van der Waals surface area (Å²) in [5, 5.41) is 11.0. The normalized spacial score (nSPS) is 33.4. The van der Waals surface area contributed by atoms with Gasteiger partial charge >= 0.3 is 5.97 Å². The van der Waals surface area contributed by atoms with Crippen molar-refractivity contribution in [1.82, 2.24) is 0 Å². The van der Waals surface area contributed by atoms with E-state index >= 15 is 0 Å². The van der Waals surface area contributed by atoms with E-state index in [0.717, 1.165) is 25.7 Å². The number of esters is 1. The van der Waals surface area contributed by atoms with Crippen LogP contribution in [0.2, 0.25) is 0 Å². The highest BCUT2D eigenvalue weighted by molar-refractivity contribution is 5.89. The van der Waals surface area contributed by atoms with Crippen molar-refractivity contribution >= 4 is 5.97 Å². The first kappa shape index (κ1) is 21.3. The maximum absolute atomic E-state index is 12.2. The van der Waals surface area contributed by atoms with Crippen LogP contribution in [-0.4, -0.2) is 46.7 Å². The molecule has 1 N–H and O–H groups in total. The Bertz CT molecular complexity index is 658. The molecule has 2 fully saturated rings. The summed E-state index contributed by atoms with van der Waals surface area (Å²) in [5.74, 6) is -0.328. The van der Waals surface area contributed by atoms with E-state index in [-0.39, 0.29) is 36.0 Å². The second-order valence-electron chi connectivity index (χ2n) is 8.95. The van der Waals surface area contributed by atoms with Gasteiger partial charge in [0.05, 0.1) is 41.2 Å². The highest BCUT2D eigenvalue weighted by Gasteiger charge is 2.48. The van der Waals surface area contributed by atoms with E-state index in [2.05, 4.69) is 13.8 Å². The Balaban J connectivity index is 1.48. The van der Waals surface area contributed by atoms with Gasteiger partial charge in [0.1, 0.15) is 0 Å². The summed E-state index contributed by atoms with van der Waals surface area (Å²) >= 11 is 0. The minimum absolute atomic E-state index is 0.0299. The summed E-state index contributed by atoms with van der Waals surface area (Å²) in [6.45, 7) is 7.92. The Morgan fingerprint density at radius 1 is 1.32 bits per heavy atom. The molecule has 2 saturated heterocycles. The second kappa shape index (κ2) is 8.52. The van der Waals surface area contributed by atoms with Crippen LogP contribution in [0.25, 0.3) is 0 Å². The zero-order valence-electron chi connectivity index (χ0n) is 17.5. The topological polar surface area (TPSA) is 65.0 Å². The number of hydrogen-bond acceptors (Lipinski definition) is 5. The molecule has 0 aromatic heterocycles. The lowest BCUT2D eigenvalue weighted by molar-refractivity contribution is -0.158. The van der Waals surface area contributed by atoms with Gasteiger partial charge in [-0.2, -0.15) is 0 Å².